The molecule has 1 saturated heterocycles. The fraction of sp³-hybridized carbons (Fsp3) is 0.500. The average molecular weight is 383 g/mol. The minimum absolute atomic E-state index is 0.483. The normalized spacial score (nSPS) is 20.3. The van der Waals surface area contributed by atoms with E-state index in [9.17, 15) is 0 Å². The number of fused-ring (bicyclic) bond motifs is 1. The standard InChI is InChI=1S/C22H30N4S/c1-25-11-2-4-17(8-12-25)9-13-26-14-10-18-6-7-19(16-20(18)26)24-22(23)21-5-3-15-27-21/h3,5-7,15-17H,2,4,8-14H2,1H3,(H2,23,24). The van der Waals surface area contributed by atoms with E-state index in [1.165, 1.54) is 50.0 Å². The predicted octanol–water partition coefficient (Wildman–Crippen LogP) is 4.67. The first-order valence-corrected chi connectivity index (χ1v) is 11.0. The van der Waals surface area contributed by atoms with E-state index in [-0.39, 0.29) is 0 Å². The van der Waals surface area contributed by atoms with Crippen LogP contribution >= 0.6 is 11.3 Å². The summed E-state index contributed by atoms with van der Waals surface area (Å²) in [7, 11) is 2.25. The van der Waals surface area contributed by atoms with E-state index in [1.54, 1.807) is 11.3 Å². The molecule has 1 fully saturated rings. The van der Waals surface area contributed by atoms with E-state index in [1.807, 2.05) is 17.5 Å². The molecule has 0 saturated carbocycles. The molecule has 3 heterocycles. The van der Waals surface area contributed by atoms with Crippen LogP contribution in [-0.2, 0) is 6.42 Å². The van der Waals surface area contributed by atoms with Gasteiger partial charge in [0.05, 0.1) is 4.88 Å². The molecule has 5 heteroatoms. The van der Waals surface area contributed by atoms with Crippen LogP contribution in [0.15, 0.2) is 35.7 Å². The van der Waals surface area contributed by atoms with E-state index >= 15 is 0 Å². The third-order valence-electron chi connectivity index (χ3n) is 5.99. The summed E-state index contributed by atoms with van der Waals surface area (Å²) in [6.45, 7) is 4.80. The lowest BCUT2D eigenvalue weighted by atomic mass is 9.97. The van der Waals surface area contributed by atoms with Crippen molar-refractivity contribution in [2.45, 2.75) is 32.1 Å². The molecule has 1 atom stereocenters. The number of thiophene rings is 1. The SMILES string of the molecule is CN1CCCC(CCN2CCc3ccc(NC(=N)c4cccs4)cc32)CC1. The highest BCUT2D eigenvalue weighted by Crippen LogP contribution is 2.32. The number of benzene rings is 1. The third kappa shape index (κ3) is 4.53. The second kappa shape index (κ2) is 8.44. The van der Waals surface area contributed by atoms with Gasteiger partial charge in [0.1, 0.15) is 5.84 Å². The molecular formula is C22H30N4S. The topological polar surface area (TPSA) is 42.4 Å². The summed E-state index contributed by atoms with van der Waals surface area (Å²) < 4.78 is 0. The molecule has 2 N–H and O–H groups in total. The summed E-state index contributed by atoms with van der Waals surface area (Å²) in [6.07, 6.45) is 6.51. The lowest BCUT2D eigenvalue weighted by Crippen LogP contribution is -2.24. The van der Waals surface area contributed by atoms with Crippen molar-refractivity contribution in [3.05, 3.63) is 46.2 Å². The van der Waals surface area contributed by atoms with Crippen LogP contribution in [0.1, 0.15) is 36.1 Å². The zero-order chi connectivity index (χ0) is 18.6. The number of rotatable bonds is 5. The summed E-state index contributed by atoms with van der Waals surface area (Å²) in [4.78, 5) is 6.01. The molecule has 144 valence electrons. The van der Waals surface area contributed by atoms with Crippen molar-refractivity contribution in [2.24, 2.45) is 5.92 Å². The first kappa shape index (κ1) is 18.5. The maximum atomic E-state index is 8.26. The first-order valence-electron chi connectivity index (χ1n) is 10.1. The molecule has 2 aliphatic rings. The van der Waals surface area contributed by atoms with Crippen LogP contribution < -0.4 is 10.2 Å². The highest BCUT2D eigenvalue weighted by molar-refractivity contribution is 7.12. The Morgan fingerprint density at radius 3 is 3.00 bits per heavy atom. The Hall–Kier alpha value is -1.85. The Bertz CT molecular complexity index is 771. The maximum absolute atomic E-state index is 8.26. The highest BCUT2D eigenvalue weighted by atomic mass is 32.1. The number of anilines is 2. The van der Waals surface area contributed by atoms with Gasteiger partial charge in [-0.3, -0.25) is 5.41 Å². The molecule has 1 aromatic carbocycles. The molecule has 2 aromatic rings. The minimum atomic E-state index is 0.483. The Balaban J connectivity index is 1.38. The Morgan fingerprint density at radius 2 is 2.15 bits per heavy atom. The number of nitrogens with zero attached hydrogens (tertiary/aromatic N) is 2. The van der Waals surface area contributed by atoms with Gasteiger partial charge in [-0.25, -0.2) is 0 Å². The molecule has 4 rings (SSSR count). The largest absolute Gasteiger partial charge is 0.371 e. The minimum Gasteiger partial charge on any atom is -0.371 e. The van der Waals surface area contributed by atoms with E-state index in [2.05, 4.69) is 40.4 Å². The van der Waals surface area contributed by atoms with Crippen molar-refractivity contribution in [3.63, 3.8) is 0 Å². The summed E-state index contributed by atoms with van der Waals surface area (Å²) in [6, 6.07) is 10.6. The quantitative estimate of drug-likeness (QED) is 0.583. The molecule has 0 aliphatic carbocycles. The van der Waals surface area contributed by atoms with Gasteiger partial charge in [0.15, 0.2) is 0 Å². The van der Waals surface area contributed by atoms with Crippen LogP contribution in [0.25, 0.3) is 0 Å². The smallest absolute Gasteiger partial charge is 0.140 e. The second-order valence-electron chi connectivity index (χ2n) is 7.95. The summed E-state index contributed by atoms with van der Waals surface area (Å²) in [5, 5.41) is 13.6. The van der Waals surface area contributed by atoms with Gasteiger partial charge in [0, 0.05) is 24.5 Å². The number of amidine groups is 1. The lowest BCUT2D eigenvalue weighted by Gasteiger charge is -2.23. The number of hydrogen-bond donors (Lipinski definition) is 2. The predicted molar refractivity (Wildman–Crippen MR) is 117 cm³/mol. The molecule has 27 heavy (non-hydrogen) atoms. The summed E-state index contributed by atoms with van der Waals surface area (Å²) in [5.74, 6) is 1.35. The van der Waals surface area contributed by atoms with Crippen LogP contribution in [-0.4, -0.2) is 44.0 Å². The second-order valence-corrected chi connectivity index (χ2v) is 8.89. The van der Waals surface area contributed by atoms with Crippen LogP contribution in [0.3, 0.4) is 0 Å². The molecule has 0 radical (unpaired) electrons. The van der Waals surface area contributed by atoms with Crippen LogP contribution in [0, 0.1) is 11.3 Å². The number of hydrogen-bond acceptors (Lipinski definition) is 4. The van der Waals surface area contributed by atoms with Gasteiger partial charge in [0.2, 0.25) is 0 Å². The third-order valence-corrected chi connectivity index (χ3v) is 6.88. The van der Waals surface area contributed by atoms with Crippen molar-refractivity contribution >= 4 is 28.5 Å². The van der Waals surface area contributed by atoms with Gasteiger partial charge >= 0.3 is 0 Å². The van der Waals surface area contributed by atoms with Crippen molar-refractivity contribution in [1.29, 1.82) is 5.41 Å². The number of nitrogens with one attached hydrogen (secondary N) is 2. The van der Waals surface area contributed by atoms with Crippen LogP contribution in [0.5, 0.6) is 0 Å². The number of likely N-dealkylation sites (tertiary alicyclic amines) is 1. The van der Waals surface area contributed by atoms with Crippen molar-refractivity contribution in [3.8, 4) is 0 Å². The van der Waals surface area contributed by atoms with E-state index in [4.69, 9.17) is 5.41 Å². The Labute approximate surface area is 166 Å². The van der Waals surface area contributed by atoms with Crippen LogP contribution in [0.4, 0.5) is 11.4 Å². The molecule has 1 unspecified atom stereocenters. The fourth-order valence-electron chi connectivity index (χ4n) is 4.32. The first-order chi connectivity index (χ1) is 13.2. The summed E-state index contributed by atoms with van der Waals surface area (Å²) in [5.41, 5.74) is 3.84. The molecule has 4 nitrogen and oxygen atoms in total. The Kier molecular flexibility index (Phi) is 5.79. The zero-order valence-electron chi connectivity index (χ0n) is 16.2. The van der Waals surface area contributed by atoms with Crippen molar-refractivity contribution < 1.29 is 0 Å². The average Bonchev–Trinajstić information content (AvgIpc) is 3.29. The lowest BCUT2D eigenvalue weighted by molar-refractivity contribution is 0.339. The van der Waals surface area contributed by atoms with E-state index < -0.39 is 0 Å². The molecule has 0 amide bonds. The molecular weight excluding hydrogens is 352 g/mol. The molecule has 1 aromatic heterocycles. The highest BCUT2D eigenvalue weighted by Gasteiger charge is 2.22. The van der Waals surface area contributed by atoms with Gasteiger partial charge in [-0.15, -0.1) is 11.3 Å². The maximum Gasteiger partial charge on any atom is 0.140 e. The summed E-state index contributed by atoms with van der Waals surface area (Å²) >= 11 is 1.60. The van der Waals surface area contributed by atoms with E-state index in [0.717, 1.165) is 36.0 Å². The fourth-order valence-corrected chi connectivity index (χ4v) is 4.95. The van der Waals surface area contributed by atoms with Gasteiger partial charge in [0.25, 0.3) is 0 Å². The molecule has 0 bridgehead atoms. The van der Waals surface area contributed by atoms with Crippen molar-refractivity contribution in [2.75, 3.05) is 43.4 Å². The molecule has 0 spiro atoms. The zero-order valence-corrected chi connectivity index (χ0v) is 17.0. The molecule has 2 aliphatic heterocycles. The van der Waals surface area contributed by atoms with Crippen LogP contribution in [0.2, 0.25) is 0 Å². The Morgan fingerprint density at radius 1 is 1.22 bits per heavy atom. The van der Waals surface area contributed by atoms with E-state index in [0.29, 0.717) is 5.84 Å². The van der Waals surface area contributed by atoms with Gasteiger partial charge < -0.3 is 15.1 Å². The van der Waals surface area contributed by atoms with Gasteiger partial charge in [-0.1, -0.05) is 12.1 Å². The monoisotopic (exact) mass is 382 g/mol. The van der Waals surface area contributed by atoms with Gasteiger partial charge in [-0.05, 0) is 87.3 Å². The van der Waals surface area contributed by atoms with Crippen molar-refractivity contribution in [1.82, 2.24) is 4.90 Å². The van der Waals surface area contributed by atoms with Gasteiger partial charge in [-0.2, -0.15) is 0 Å².